The van der Waals surface area contributed by atoms with Crippen LogP contribution < -0.4 is 5.32 Å². The Bertz CT molecular complexity index is 940. The largest absolute Gasteiger partial charge is 0.468 e. The van der Waals surface area contributed by atoms with Gasteiger partial charge in [-0.3, -0.25) is 10.1 Å². The molecular weight excluding hydrogens is 324 g/mol. The molecule has 2 atom stereocenters. The highest BCUT2D eigenvalue weighted by Crippen LogP contribution is 2.35. The van der Waals surface area contributed by atoms with Crippen molar-refractivity contribution in [2.75, 3.05) is 7.11 Å². The molecule has 1 aliphatic heterocycles. The summed E-state index contributed by atoms with van der Waals surface area (Å²) in [7, 11) is 1.45. The highest BCUT2D eigenvalue weighted by Gasteiger charge is 2.34. The van der Waals surface area contributed by atoms with Crippen molar-refractivity contribution < 1.29 is 9.53 Å². The first-order chi connectivity index (χ1) is 12.6. The molecular formula is C22H24N2O2. The quantitative estimate of drug-likeness (QED) is 0.702. The Hall–Kier alpha value is -2.59. The Morgan fingerprint density at radius 1 is 1.12 bits per heavy atom. The number of aromatic nitrogens is 1. The number of carbonyl (C=O) groups excluding carboxylic acids is 1. The predicted octanol–water partition coefficient (Wildman–Crippen LogP) is 4.07. The van der Waals surface area contributed by atoms with Gasteiger partial charge in [-0.15, -0.1) is 0 Å². The number of para-hydroxylation sites is 1. The molecule has 0 fully saturated rings. The number of hydrogen-bond donors (Lipinski definition) is 2. The van der Waals surface area contributed by atoms with Crippen molar-refractivity contribution in [1.29, 1.82) is 0 Å². The van der Waals surface area contributed by atoms with E-state index in [1.54, 1.807) is 0 Å². The van der Waals surface area contributed by atoms with E-state index < -0.39 is 0 Å². The molecule has 2 aromatic carbocycles. The summed E-state index contributed by atoms with van der Waals surface area (Å²) in [6.07, 6.45) is 0.632. The first kappa shape index (κ1) is 16.9. The summed E-state index contributed by atoms with van der Waals surface area (Å²) in [5, 5.41) is 4.66. The van der Waals surface area contributed by atoms with E-state index in [0.29, 0.717) is 12.3 Å². The van der Waals surface area contributed by atoms with Crippen molar-refractivity contribution in [2.45, 2.75) is 38.3 Å². The van der Waals surface area contributed by atoms with Crippen molar-refractivity contribution in [3.8, 4) is 0 Å². The van der Waals surface area contributed by atoms with Gasteiger partial charge < -0.3 is 9.72 Å². The zero-order valence-corrected chi connectivity index (χ0v) is 15.4. The number of H-pyrrole nitrogens is 1. The summed E-state index contributed by atoms with van der Waals surface area (Å²) in [6, 6.07) is 16.5. The molecule has 0 unspecified atom stereocenters. The summed E-state index contributed by atoms with van der Waals surface area (Å²) >= 11 is 0. The lowest BCUT2D eigenvalue weighted by molar-refractivity contribution is -0.143. The van der Waals surface area contributed by atoms with E-state index in [0.717, 1.165) is 16.8 Å². The Morgan fingerprint density at radius 3 is 2.54 bits per heavy atom. The van der Waals surface area contributed by atoms with Gasteiger partial charge in [-0.2, -0.15) is 0 Å². The van der Waals surface area contributed by atoms with E-state index in [1.807, 2.05) is 12.1 Å². The summed E-state index contributed by atoms with van der Waals surface area (Å²) in [6.45, 7) is 4.38. The molecule has 0 amide bonds. The Morgan fingerprint density at radius 2 is 1.85 bits per heavy atom. The molecule has 3 aromatic rings. The topological polar surface area (TPSA) is 54.1 Å². The number of rotatable bonds is 3. The fourth-order valence-corrected chi connectivity index (χ4v) is 3.86. The number of nitrogens with one attached hydrogen (secondary N) is 2. The maximum Gasteiger partial charge on any atom is 0.323 e. The normalized spacial score (nSPS) is 19.5. The second-order valence-electron chi connectivity index (χ2n) is 7.26. The van der Waals surface area contributed by atoms with Gasteiger partial charge in [0.25, 0.3) is 0 Å². The van der Waals surface area contributed by atoms with E-state index in [1.165, 1.54) is 23.6 Å². The minimum absolute atomic E-state index is 0.0588. The van der Waals surface area contributed by atoms with Gasteiger partial charge in [0.1, 0.15) is 6.04 Å². The number of carbonyl (C=O) groups is 1. The predicted molar refractivity (Wildman–Crippen MR) is 103 cm³/mol. The fraction of sp³-hybridized carbons (Fsp3) is 0.318. The van der Waals surface area contributed by atoms with Gasteiger partial charge in [-0.05, 0) is 28.7 Å². The third kappa shape index (κ3) is 2.80. The lowest BCUT2D eigenvalue weighted by Gasteiger charge is -2.30. The standard InChI is InChI=1S/C22H24N2O2/c1-13(2)14-8-10-15(11-9-14)20-21-17(12-19(24-20)22(25)26-3)16-6-4-5-7-18(16)23-21/h4-11,13,19-20,23-24H,12H2,1-3H3/t19-,20+/m0/s1. The van der Waals surface area contributed by atoms with Crippen molar-refractivity contribution in [3.63, 3.8) is 0 Å². The van der Waals surface area contributed by atoms with Crippen LogP contribution in [0, 0.1) is 0 Å². The van der Waals surface area contributed by atoms with Gasteiger partial charge in [0.2, 0.25) is 0 Å². The maximum atomic E-state index is 12.3. The van der Waals surface area contributed by atoms with Crippen LogP contribution in [0.2, 0.25) is 0 Å². The van der Waals surface area contributed by atoms with Gasteiger partial charge in [0.15, 0.2) is 0 Å². The van der Waals surface area contributed by atoms with Gasteiger partial charge in [0.05, 0.1) is 13.2 Å². The fourth-order valence-electron chi connectivity index (χ4n) is 3.86. The molecule has 134 valence electrons. The van der Waals surface area contributed by atoms with Gasteiger partial charge in [0, 0.05) is 23.0 Å². The molecule has 4 heteroatoms. The number of methoxy groups -OCH3 is 1. The number of esters is 1. The first-order valence-corrected chi connectivity index (χ1v) is 9.11. The molecule has 4 rings (SSSR count). The summed E-state index contributed by atoms with van der Waals surface area (Å²) < 4.78 is 5.02. The highest BCUT2D eigenvalue weighted by molar-refractivity contribution is 5.87. The minimum Gasteiger partial charge on any atom is -0.468 e. The second kappa shape index (κ2) is 6.61. The van der Waals surface area contributed by atoms with Crippen LogP contribution in [0.5, 0.6) is 0 Å². The summed E-state index contributed by atoms with van der Waals surface area (Å²) in [4.78, 5) is 15.8. The summed E-state index contributed by atoms with van der Waals surface area (Å²) in [5.41, 5.74) is 5.91. The molecule has 4 nitrogen and oxygen atoms in total. The van der Waals surface area contributed by atoms with Crippen LogP contribution in [0.3, 0.4) is 0 Å². The van der Waals surface area contributed by atoms with Gasteiger partial charge >= 0.3 is 5.97 Å². The smallest absolute Gasteiger partial charge is 0.323 e. The third-order valence-corrected chi connectivity index (χ3v) is 5.33. The van der Waals surface area contributed by atoms with Crippen LogP contribution in [0.15, 0.2) is 48.5 Å². The minimum atomic E-state index is -0.346. The molecule has 1 aromatic heterocycles. The number of benzene rings is 2. The molecule has 2 heterocycles. The van der Waals surface area contributed by atoms with Crippen molar-refractivity contribution in [3.05, 3.63) is 70.9 Å². The Labute approximate surface area is 153 Å². The average molecular weight is 348 g/mol. The van der Waals surface area contributed by atoms with E-state index in [9.17, 15) is 4.79 Å². The van der Waals surface area contributed by atoms with Crippen molar-refractivity contribution in [1.82, 2.24) is 10.3 Å². The molecule has 26 heavy (non-hydrogen) atoms. The van der Waals surface area contributed by atoms with E-state index in [-0.39, 0.29) is 18.1 Å². The van der Waals surface area contributed by atoms with Crippen LogP contribution in [0.4, 0.5) is 0 Å². The monoisotopic (exact) mass is 348 g/mol. The molecule has 0 aliphatic carbocycles. The SMILES string of the molecule is COC(=O)[C@@H]1Cc2c([nH]c3ccccc23)[C@@H](c2ccc(C(C)C)cc2)N1. The molecule has 0 saturated carbocycles. The lowest BCUT2D eigenvalue weighted by Crippen LogP contribution is -2.45. The molecule has 1 aliphatic rings. The first-order valence-electron chi connectivity index (χ1n) is 9.11. The number of aromatic amines is 1. The average Bonchev–Trinajstić information content (AvgIpc) is 3.05. The molecule has 0 saturated heterocycles. The van der Waals surface area contributed by atoms with E-state index >= 15 is 0 Å². The van der Waals surface area contributed by atoms with Gasteiger partial charge in [-0.25, -0.2) is 0 Å². The molecule has 0 bridgehead atoms. The number of fused-ring (bicyclic) bond motifs is 3. The third-order valence-electron chi connectivity index (χ3n) is 5.33. The van der Waals surface area contributed by atoms with Crippen LogP contribution in [0.1, 0.15) is 48.2 Å². The number of ether oxygens (including phenoxy) is 1. The van der Waals surface area contributed by atoms with Crippen LogP contribution in [-0.2, 0) is 16.0 Å². The van der Waals surface area contributed by atoms with Crippen LogP contribution >= 0.6 is 0 Å². The maximum absolute atomic E-state index is 12.3. The van der Waals surface area contributed by atoms with Crippen molar-refractivity contribution >= 4 is 16.9 Å². The van der Waals surface area contributed by atoms with Gasteiger partial charge in [-0.1, -0.05) is 56.3 Å². The lowest BCUT2D eigenvalue weighted by atomic mass is 9.89. The van der Waals surface area contributed by atoms with Crippen LogP contribution in [0.25, 0.3) is 10.9 Å². The second-order valence-corrected chi connectivity index (χ2v) is 7.26. The molecule has 0 radical (unpaired) electrons. The molecule has 0 spiro atoms. The Balaban J connectivity index is 1.81. The highest BCUT2D eigenvalue weighted by atomic mass is 16.5. The van der Waals surface area contributed by atoms with Crippen LogP contribution in [-0.4, -0.2) is 24.1 Å². The molecule has 2 N–H and O–H groups in total. The zero-order valence-electron chi connectivity index (χ0n) is 15.4. The van der Waals surface area contributed by atoms with E-state index in [2.05, 4.69) is 60.5 Å². The van der Waals surface area contributed by atoms with E-state index in [4.69, 9.17) is 4.74 Å². The number of hydrogen-bond acceptors (Lipinski definition) is 3. The van der Waals surface area contributed by atoms with Crippen molar-refractivity contribution in [2.24, 2.45) is 0 Å². The summed E-state index contributed by atoms with van der Waals surface area (Å²) in [5.74, 6) is 0.277. The Kier molecular flexibility index (Phi) is 4.29. The zero-order chi connectivity index (χ0) is 18.3.